The molecule has 200 valence electrons. The molecule has 15 nitrogen and oxygen atoms in total. The van der Waals surface area contributed by atoms with Crippen molar-refractivity contribution in [1.29, 1.82) is 0 Å². The highest BCUT2D eigenvalue weighted by Crippen LogP contribution is 2.08. The predicted molar refractivity (Wildman–Crippen MR) is 120 cm³/mol. The normalized spacial score (nSPS) is 26.4. The number of amides is 6. The van der Waals surface area contributed by atoms with Crippen molar-refractivity contribution in [2.24, 2.45) is 5.92 Å². The van der Waals surface area contributed by atoms with Crippen LogP contribution < -0.4 is 32.1 Å². The van der Waals surface area contributed by atoms with Gasteiger partial charge in [-0.25, -0.2) is 4.79 Å². The number of aliphatic hydroxyl groups is 2. The van der Waals surface area contributed by atoms with E-state index in [1.165, 1.54) is 6.92 Å². The van der Waals surface area contributed by atoms with Gasteiger partial charge >= 0.3 is 6.03 Å². The zero-order valence-corrected chi connectivity index (χ0v) is 20.1. The van der Waals surface area contributed by atoms with E-state index in [0.29, 0.717) is 6.42 Å². The molecule has 3 unspecified atom stereocenters. The van der Waals surface area contributed by atoms with E-state index in [1.807, 2.05) is 0 Å². The molecule has 0 radical (unpaired) electrons. The lowest BCUT2D eigenvalue weighted by molar-refractivity contribution is -0.135. The van der Waals surface area contributed by atoms with Crippen molar-refractivity contribution < 1.29 is 43.7 Å². The highest BCUT2D eigenvalue weighted by molar-refractivity contribution is 5.93. The SMILES string of the molecule is CCC(C)[C@@H]1NC(=O)NC(C(C)O)C(=O)NCCOCCOCC(=O)N[C@@H](CO)C(=O)NNC1=O. The van der Waals surface area contributed by atoms with Crippen LogP contribution in [0.15, 0.2) is 0 Å². The zero-order chi connectivity index (χ0) is 26.4. The van der Waals surface area contributed by atoms with Gasteiger partial charge in [-0.2, -0.15) is 0 Å². The van der Waals surface area contributed by atoms with Crippen molar-refractivity contribution in [3.05, 3.63) is 0 Å². The number of aliphatic hydroxyl groups excluding tert-OH is 2. The highest BCUT2D eigenvalue weighted by atomic mass is 16.5. The van der Waals surface area contributed by atoms with Crippen LogP contribution in [-0.4, -0.2) is 104 Å². The third kappa shape index (κ3) is 10.9. The van der Waals surface area contributed by atoms with Crippen LogP contribution in [0.5, 0.6) is 0 Å². The van der Waals surface area contributed by atoms with Crippen LogP contribution in [0.25, 0.3) is 0 Å². The minimum atomic E-state index is -1.36. The molecule has 1 rings (SSSR count). The van der Waals surface area contributed by atoms with E-state index >= 15 is 0 Å². The lowest BCUT2D eigenvalue weighted by atomic mass is 9.98. The van der Waals surface area contributed by atoms with Crippen LogP contribution in [0.3, 0.4) is 0 Å². The van der Waals surface area contributed by atoms with Crippen molar-refractivity contribution in [1.82, 2.24) is 32.1 Å². The van der Waals surface area contributed by atoms with E-state index in [9.17, 15) is 34.2 Å². The summed E-state index contributed by atoms with van der Waals surface area (Å²) in [7, 11) is 0. The Bertz CT molecular complexity index is 736. The van der Waals surface area contributed by atoms with Gasteiger partial charge in [-0.05, 0) is 12.8 Å². The summed E-state index contributed by atoms with van der Waals surface area (Å²) in [5.74, 6) is -3.41. The largest absolute Gasteiger partial charge is 0.394 e. The number of ether oxygens (including phenoxy) is 2. The molecule has 0 aromatic heterocycles. The van der Waals surface area contributed by atoms with Crippen LogP contribution in [0, 0.1) is 5.92 Å². The number of rotatable bonds is 4. The van der Waals surface area contributed by atoms with E-state index in [1.54, 1.807) is 13.8 Å². The van der Waals surface area contributed by atoms with Crippen LogP contribution in [0.2, 0.25) is 0 Å². The monoisotopic (exact) mass is 504 g/mol. The Hall–Kier alpha value is -3.01. The summed E-state index contributed by atoms with van der Waals surface area (Å²) >= 11 is 0. The minimum Gasteiger partial charge on any atom is -0.394 e. The number of nitrogens with one attached hydrogen (secondary N) is 6. The van der Waals surface area contributed by atoms with E-state index in [-0.39, 0.29) is 32.3 Å². The Morgan fingerprint density at radius 2 is 1.51 bits per heavy atom. The Kier molecular flexibility index (Phi) is 13.6. The van der Waals surface area contributed by atoms with Gasteiger partial charge in [0.1, 0.15) is 24.7 Å². The van der Waals surface area contributed by atoms with Gasteiger partial charge in [0, 0.05) is 6.54 Å². The Labute approximate surface area is 203 Å². The van der Waals surface area contributed by atoms with Gasteiger partial charge < -0.3 is 41.0 Å². The predicted octanol–water partition coefficient (Wildman–Crippen LogP) is -3.76. The van der Waals surface area contributed by atoms with Crippen LogP contribution in [0.4, 0.5) is 4.79 Å². The number of urea groups is 1. The molecule has 1 saturated heterocycles. The summed E-state index contributed by atoms with van der Waals surface area (Å²) < 4.78 is 10.4. The fraction of sp³-hybridized carbons (Fsp3) is 0.750. The molecule has 0 spiro atoms. The molecule has 8 N–H and O–H groups in total. The summed E-state index contributed by atoms with van der Waals surface area (Å²) in [6, 6.07) is -4.69. The summed E-state index contributed by atoms with van der Waals surface area (Å²) in [5.41, 5.74) is 4.24. The second-order valence-electron chi connectivity index (χ2n) is 7.94. The Morgan fingerprint density at radius 3 is 2.14 bits per heavy atom. The molecular formula is C20H36N6O9. The number of hydrogen-bond acceptors (Lipinski definition) is 9. The first-order valence-electron chi connectivity index (χ1n) is 11.3. The maximum Gasteiger partial charge on any atom is 0.316 e. The average molecular weight is 505 g/mol. The maximum atomic E-state index is 12.7. The van der Waals surface area contributed by atoms with Crippen molar-refractivity contribution in [2.45, 2.75) is 51.4 Å². The molecule has 0 saturated carbocycles. The standard InChI is InChI=1S/C20H36N6O9/c1-4-11(2)15-19(32)26-25-17(30)13(9-27)22-14(29)10-35-8-7-34-6-5-21-18(31)16(12(3)28)24-20(33)23-15/h11-13,15-16,27-28H,4-10H2,1-3H3,(H,21,31)(H,22,29)(H,25,30)(H,26,32)(H2,23,24,33)/t11?,12?,13-,15-,16?/m0/s1. The fourth-order valence-electron chi connectivity index (χ4n) is 2.89. The van der Waals surface area contributed by atoms with Crippen molar-refractivity contribution in [3.63, 3.8) is 0 Å². The van der Waals surface area contributed by atoms with Gasteiger partial charge in [0.25, 0.3) is 11.8 Å². The summed E-state index contributed by atoms with van der Waals surface area (Å²) in [6.07, 6.45) is -0.769. The van der Waals surface area contributed by atoms with Crippen LogP contribution in [-0.2, 0) is 28.7 Å². The Morgan fingerprint density at radius 1 is 0.886 bits per heavy atom. The molecule has 0 bridgehead atoms. The fourth-order valence-corrected chi connectivity index (χ4v) is 2.89. The number of hydrogen-bond donors (Lipinski definition) is 8. The molecule has 1 aliphatic rings. The topological polar surface area (TPSA) is 216 Å². The first kappa shape index (κ1) is 30.0. The molecule has 15 heteroatoms. The van der Waals surface area contributed by atoms with Crippen LogP contribution >= 0.6 is 0 Å². The molecule has 5 atom stereocenters. The Balaban J connectivity index is 3.00. The quantitative estimate of drug-likeness (QED) is 0.188. The highest BCUT2D eigenvalue weighted by Gasteiger charge is 2.30. The molecule has 1 aliphatic heterocycles. The van der Waals surface area contributed by atoms with Crippen LogP contribution in [0.1, 0.15) is 27.2 Å². The molecule has 1 heterocycles. The van der Waals surface area contributed by atoms with Gasteiger partial charge in [0.05, 0.1) is 32.5 Å². The smallest absolute Gasteiger partial charge is 0.316 e. The van der Waals surface area contributed by atoms with Gasteiger partial charge in [0.2, 0.25) is 11.8 Å². The van der Waals surface area contributed by atoms with E-state index in [4.69, 9.17) is 9.47 Å². The van der Waals surface area contributed by atoms with Crippen molar-refractivity contribution in [3.8, 4) is 0 Å². The average Bonchev–Trinajstić information content (AvgIpc) is 2.82. The summed E-state index contributed by atoms with van der Waals surface area (Å²) in [6.45, 7) is 3.97. The third-order valence-electron chi connectivity index (χ3n) is 5.13. The lowest BCUT2D eigenvalue weighted by Gasteiger charge is -2.26. The first-order valence-corrected chi connectivity index (χ1v) is 11.3. The molecular weight excluding hydrogens is 468 g/mol. The molecule has 1 fully saturated rings. The van der Waals surface area contributed by atoms with Gasteiger partial charge in [-0.3, -0.25) is 30.0 Å². The molecule has 0 aliphatic carbocycles. The number of hydrazine groups is 1. The minimum absolute atomic E-state index is 0.0441. The van der Waals surface area contributed by atoms with E-state index in [0.717, 1.165) is 0 Å². The third-order valence-corrected chi connectivity index (χ3v) is 5.13. The molecule has 35 heavy (non-hydrogen) atoms. The lowest BCUT2D eigenvalue weighted by Crippen LogP contribution is -2.61. The van der Waals surface area contributed by atoms with Crippen molar-refractivity contribution in [2.75, 3.05) is 39.6 Å². The summed E-state index contributed by atoms with van der Waals surface area (Å²) in [5, 5.41) is 28.9. The summed E-state index contributed by atoms with van der Waals surface area (Å²) in [4.78, 5) is 61.8. The van der Waals surface area contributed by atoms with Crippen molar-refractivity contribution >= 4 is 29.7 Å². The van der Waals surface area contributed by atoms with E-state index in [2.05, 4.69) is 32.1 Å². The first-order chi connectivity index (χ1) is 16.6. The molecule has 0 aromatic carbocycles. The van der Waals surface area contributed by atoms with E-state index < -0.39 is 67.1 Å². The van der Waals surface area contributed by atoms with Gasteiger partial charge in [-0.15, -0.1) is 0 Å². The number of carbonyl (C=O) groups is 5. The maximum absolute atomic E-state index is 12.7. The van der Waals surface area contributed by atoms with Gasteiger partial charge in [0.15, 0.2) is 0 Å². The second-order valence-corrected chi connectivity index (χ2v) is 7.94. The van der Waals surface area contributed by atoms with Gasteiger partial charge in [-0.1, -0.05) is 20.3 Å². The zero-order valence-electron chi connectivity index (χ0n) is 20.1. The molecule has 0 aromatic rings. The molecule has 6 amide bonds. The second kappa shape index (κ2) is 15.8. The number of carbonyl (C=O) groups excluding carboxylic acids is 5.